The number of rotatable bonds is 21. The van der Waals surface area contributed by atoms with E-state index in [0.717, 1.165) is 76.4 Å². The molecule has 0 aromatic rings. The highest BCUT2D eigenvalue weighted by atomic mass is 31.2. The Morgan fingerprint density at radius 2 is 1.10 bits per heavy atom. The van der Waals surface area contributed by atoms with Gasteiger partial charge in [0.2, 0.25) is 0 Å². The molecule has 0 heterocycles. The largest absolute Gasteiger partial charge is 0.463 e. The molecule has 0 amide bonds. The van der Waals surface area contributed by atoms with Crippen molar-refractivity contribution < 1.29 is 32.7 Å². The van der Waals surface area contributed by atoms with Gasteiger partial charge in [0.05, 0.1) is 32.6 Å². The minimum Gasteiger partial charge on any atom is -0.463 e. The van der Waals surface area contributed by atoms with Crippen LogP contribution in [0.25, 0.3) is 0 Å². The fourth-order valence-electron chi connectivity index (χ4n) is 2.50. The molecule has 7 nitrogen and oxygen atoms in total. The van der Waals surface area contributed by atoms with Crippen LogP contribution in [-0.4, -0.2) is 44.5 Å². The van der Waals surface area contributed by atoms with Gasteiger partial charge in [-0.15, -0.1) is 0 Å². The molecule has 0 fully saturated rings. The van der Waals surface area contributed by atoms with E-state index in [1.807, 2.05) is 6.92 Å². The SMILES string of the molecule is C=CC(=O)OCCCCCCOP(=O)(CCCC)OCCCCCCOC(=O)C=C. The Labute approximate surface area is 181 Å². The molecule has 0 saturated carbocycles. The smallest absolute Gasteiger partial charge is 0.330 e. The van der Waals surface area contributed by atoms with E-state index < -0.39 is 19.5 Å². The first kappa shape index (κ1) is 28.6. The van der Waals surface area contributed by atoms with Crippen LogP contribution in [0.15, 0.2) is 25.3 Å². The van der Waals surface area contributed by atoms with Gasteiger partial charge >= 0.3 is 19.5 Å². The Kier molecular flexibility index (Phi) is 18.6. The molecule has 174 valence electrons. The first-order valence-corrected chi connectivity index (χ1v) is 12.7. The predicted molar refractivity (Wildman–Crippen MR) is 119 cm³/mol. The molecule has 0 rings (SSSR count). The third-order valence-electron chi connectivity index (χ3n) is 4.26. The second-order valence-corrected chi connectivity index (χ2v) is 9.11. The third kappa shape index (κ3) is 17.4. The number of esters is 2. The number of hydrogen-bond donors (Lipinski definition) is 0. The summed E-state index contributed by atoms with van der Waals surface area (Å²) in [6, 6.07) is 0. The standard InChI is InChI=1S/C22H39O7P/c1-4-7-20-30(25,28-18-14-10-8-12-16-26-21(23)5-2)29-19-15-11-9-13-17-27-22(24)6-3/h5-6H,2-4,7-20H2,1H3. The maximum absolute atomic E-state index is 12.9. The Balaban J connectivity index is 3.87. The number of carbonyl (C=O) groups excluding carboxylic acids is 2. The summed E-state index contributed by atoms with van der Waals surface area (Å²) >= 11 is 0. The molecular weight excluding hydrogens is 407 g/mol. The summed E-state index contributed by atoms with van der Waals surface area (Å²) in [4.78, 5) is 21.9. The van der Waals surface area contributed by atoms with E-state index in [2.05, 4.69) is 13.2 Å². The zero-order valence-electron chi connectivity index (χ0n) is 18.5. The molecule has 8 heteroatoms. The Morgan fingerprint density at radius 3 is 1.47 bits per heavy atom. The predicted octanol–water partition coefficient (Wildman–Crippen LogP) is 5.59. The summed E-state index contributed by atoms with van der Waals surface area (Å²) in [5.74, 6) is -0.799. The molecule has 0 aliphatic rings. The Bertz CT molecular complexity index is 494. The molecule has 0 aromatic heterocycles. The van der Waals surface area contributed by atoms with Crippen molar-refractivity contribution >= 4 is 19.5 Å². The van der Waals surface area contributed by atoms with Crippen LogP contribution >= 0.6 is 7.60 Å². The number of ether oxygens (including phenoxy) is 2. The molecule has 0 aliphatic heterocycles. The van der Waals surface area contributed by atoms with Crippen molar-refractivity contribution in [2.24, 2.45) is 0 Å². The molecule has 0 radical (unpaired) electrons. The van der Waals surface area contributed by atoms with Gasteiger partial charge in [0.1, 0.15) is 0 Å². The average molecular weight is 447 g/mol. The summed E-state index contributed by atoms with van der Waals surface area (Å²) in [6.07, 6.45) is 11.3. The summed E-state index contributed by atoms with van der Waals surface area (Å²) < 4.78 is 34.0. The highest BCUT2D eigenvalue weighted by Gasteiger charge is 2.23. The molecule has 0 N–H and O–H groups in total. The number of carbonyl (C=O) groups is 2. The van der Waals surface area contributed by atoms with Crippen molar-refractivity contribution in [2.75, 3.05) is 32.6 Å². The van der Waals surface area contributed by atoms with E-state index in [4.69, 9.17) is 18.5 Å². The maximum atomic E-state index is 12.9. The second kappa shape index (κ2) is 19.5. The lowest BCUT2D eigenvalue weighted by molar-refractivity contribution is -0.138. The molecule has 0 saturated heterocycles. The van der Waals surface area contributed by atoms with E-state index >= 15 is 0 Å². The van der Waals surface area contributed by atoms with E-state index in [0.29, 0.717) is 32.6 Å². The lowest BCUT2D eigenvalue weighted by Gasteiger charge is -2.18. The number of unbranched alkanes of at least 4 members (excludes halogenated alkanes) is 7. The van der Waals surface area contributed by atoms with Crippen LogP contribution < -0.4 is 0 Å². The molecule has 0 spiro atoms. The summed E-state index contributed by atoms with van der Waals surface area (Å²) in [7, 11) is -3.05. The number of hydrogen-bond acceptors (Lipinski definition) is 7. The highest BCUT2D eigenvalue weighted by Crippen LogP contribution is 2.49. The summed E-state index contributed by atoms with van der Waals surface area (Å²) in [5, 5.41) is 0. The first-order chi connectivity index (χ1) is 14.5. The van der Waals surface area contributed by atoms with Crippen molar-refractivity contribution in [1.29, 1.82) is 0 Å². The van der Waals surface area contributed by atoms with Crippen molar-refractivity contribution in [3.8, 4) is 0 Å². The van der Waals surface area contributed by atoms with Crippen LogP contribution in [-0.2, 0) is 32.7 Å². The Morgan fingerprint density at radius 1 is 0.700 bits per heavy atom. The van der Waals surface area contributed by atoms with Gasteiger partial charge < -0.3 is 18.5 Å². The fraction of sp³-hybridized carbons (Fsp3) is 0.727. The minimum atomic E-state index is -3.05. The Hall–Kier alpha value is -1.43. The maximum Gasteiger partial charge on any atom is 0.330 e. The average Bonchev–Trinajstić information content (AvgIpc) is 2.75. The highest BCUT2D eigenvalue weighted by molar-refractivity contribution is 7.53. The van der Waals surface area contributed by atoms with E-state index in [9.17, 15) is 14.2 Å². The zero-order chi connectivity index (χ0) is 22.5. The lowest BCUT2D eigenvalue weighted by atomic mass is 10.2. The lowest BCUT2D eigenvalue weighted by Crippen LogP contribution is -2.04. The monoisotopic (exact) mass is 446 g/mol. The van der Waals surface area contributed by atoms with E-state index in [-0.39, 0.29) is 0 Å². The van der Waals surface area contributed by atoms with E-state index in [1.165, 1.54) is 0 Å². The van der Waals surface area contributed by atoms with Gasteiger partial charge in [-0.2, -0.15) is 0 Å². The fourth-order valence-corrected chi connectivity index (χ4v) is 4.35. The zero-order valence-corrected chi connectivity index (χ0v) is 19.4. The van der Waals surface area contributed by atoms with Crippen LogP contribution in [0.5, 0.6) is 0 Å². The third-order valence-corrected chi connectivity index (χ3v) is 6.28. The molecular formula is C22H39O7P. The molecule has 0 atom stereocenters. The van der Waals surface area contributed by atoms with Gasteiger partial charge in [-0.1, -0.05) is 39.3 Å². The normalized spacial score (nSPS) is 11.1. The van der Waals surface area contributed by atoms with Gasteiger partial charge in [0, 0.05) is 12.2 Å². The van der Waals surface area contributed by atoms with Crippen molar-refractivity contribution in [3.05, 3.63) is 25.3 Å². The van der Waals surface area contributed by atoms with Gasteiger partial charge in [0.15, 0.2) is 0 Å². The van der Waals surface area contributed by atoms with Crippen molar-refractivity contribution in [1.82, 2.24) is 0 Å². The van der Waals surface area contributed by atoms with Gasteiger partial charge in [-0.05, 0) is 44.9 Å². The topological polar surface area (TPSA) is 88.1 Å². The van der Waals surface area contributed by atoms with Crippen LogP contribution in [0, 0.1) is 0 Å². The molecule has 0 bridgehead atoms. The van der Waals surface area contributed by atoms with Crippen LogP contribution in [0.3, 0.4) is 0 Å². The second-order valence-electron chi connectivity index (χ2n) is 6.93. The first-order valence-electron chi connectivity index (χ1n) is 10.9. The molecule has 0 unspecified atom stereocenters. The van der Waals surface area contributed by atoms with Crippen LogP contribution in [0.4, 0.5) is 0 Å². The van der Waals surface area contributed by atoms with E-state index in [1.54, 1.807) is 0 Å². The van der Waals surface area contributed by atoms with Crippen molar-refractivity contribution in [3.63, 3.8) is 0 Å². The van der Waals surface area contributed by atoms with Crippen LogP contribution in [0.1, 0.15) is 71.1 Å². The quantitative estimate of drug-likeness (QED) is 0.0982. The van der Waals surface area contributed by atoms with Gasteiger partial charge in [0.25, 0.3) is 0 Å². The van der Waals surface area contributed by atoms with Crippen molar-refractivity contribution in [2.45, 2.75) is 71.1 Å². The van der Waals surface area contributed by atoms with Gasteiger partial charge in [-0.3, -0.25) is 4.57 Å². The summed E-state index contributed by atoms with van der Waals surface area (Å²) in [5.41, 5.74) is 0. The molecule has 30 heavy (non-hydrogen) atoms. The summed E-state index contributed by atoms with van der Waals surface area (Å²) in [6.45, 7) is 10.3. The van der Waals surface area contributed by atoms with Gasteiger partial charge in [-0.25, -0.2) is 9.59 Å². The molecule has 0 aliphatic carbocycles. The minimum absolute atomic E-state index is 0.389. The molecule has 0 aromatic carbocycles. The van der Waals surface area contributed by atoms with Crippen LogP contribution in [0.2, 0.25) is 0 Å².